The lowest BCUT2D eigenvalue weighted by molar-refractivity contribution is -0.117. The lowest BCUT2D eigenvalue weighted by Gasteiger charge is -2.44. The summed E-state index contributed by atoms with van der Waals surface area (Å²) in [6.07, 6.45) is 1.82. The molecule has 2 heterocycles. The molecule has 0 aliphatic carbocycles. The Balaban J connectivity index is 1.80. The monoisotopic (exact) mass is 345 g/mol. The van der Waals surface area contributed by atoms with Gasteiger partial charge in [0.1, 0.15) is 0 Å². The Hall–Kier alpha value is -2.88. The second-order valence-corrected chi connectivity index (χ2v) is 7.05. The molecule has 2 aromatic carbocycles. The first-order valence-electron chi connectivity index (χ1n) is 9.07. The maximum atomic E-state index is 12.3. The number of amides is 1. The van der Waals surface area contributed by atoms with Gasteiger partial charge in [-0.3, -0.25) is 9.78 Å². The van der Waals surface area contributed by atoms with Gasteiger partial charge < -0.3 is 10.2 Å². The quantitative estimate of drug-likeness (QED) is 0.727. The number of nitrogens with zero attached hydrogens (tertiary/aromatic N) is 2. The molecule has 4 nitrogen and oxygen atoms in total. The van der Waals surface area contributed by atoms with E-state index in [0.29, 0.717) is 0 Å². The molecule has 4 heteroatoms. The largest absolute Gasteiger partial charge is 0.377 e. The van der Waals surface area contributed by atoms with Crippen molar-refractivity contribution in [1.82, 2.24) is 4.98 Å². The van der Waals surface area contributed by atoms with Crippen molar-refractivity contribution in [2.45, 2.75) is 32.9 Å². The number of aromatic nitrogens is 1. The number of carbonyl (C=O) groups is 1. The van der Waals surface area contributed by atoms with Crippen LogP contribution in [-0.4, -0.2) is 16.9 Å². The van der Waals surface area contributed by atoms with Crippen LogP contribution in [-0.2, 0) is 4.79 Å². The highest BCUT2D eigenvalue weighted by atomic mass is 16.2. The molecule has 1 aliphatic heterocycles. The van der Waals surface area contributed by atoms with Gasteiger partial charge in [0.2, 0.25) is 5.91 Å². The maximum Gasteiger partial charge on any atom is 0.224 e. The molecule has 3 unspecified atom stereocenters. The minimum atomic E-state index is 0.0876. The molecule has 4 rings (SSSR count). The van der Waals surface area contributed by atoms with Gasteiger partial charge in [0.05, 0.1) is 11.6 Å². The number of hydrogen-bond donors (Lipinski definition) is 1. The first kappa shape index (κ1) is 16.6. The van der Waals surface area contributed by atoms with Gasteiger partial charge in [0.15, 0.2) is 0 Å². The third kappa shape index (κ3) is 2.62. The molecule has 3 atom stereocenters. The van der Waals surface area contributed by atoms with E-state index in [0.717, 1.165) is 27.8 Å². The van der Waals surface area contributed by atoms with E-state index in [2.05, 4.69) is 42.3 Å². The van der Waals surface area contributed by atoms with E-state index in [-0.39, 0.29) is 23.9 Å². The van der Waals surface area contributed by atoms with Crippen molar-refractivity contribution in [3.8, 4) is 0 Å². The molecule has 0 saturated heterocycles. The van der Waals surface area contributed by atoms with Gasteiger partial charge in [0, 0.05) is 41.8 Å². The van der Waals surface area contributed by atoms with Crippen LogP contribution in [0.4, 0.5) is 11.4 Å². The molecule has 0 bridgehead atoms. The van der Waals surface area contributed by atoms with E-state index in [1.165, 1.54) is 0 Å². The summed E-state index contributed by atoms with van der Waals surface area (Å²) < 4.78 is 0. The predicted octanol–water partition coefficient (Wildman–Crippen LogP) is 4.78. The summed E-state index contributed by atoms with van der Waals surface area (Å²) in [6.45, 7) is 5.98. The lowest BCUT2D eigenvalue weighted by atomic mass is 9.82. The summed E-state index contributed by atoms with van der Waals surface area (Å²) in [7, 11) is 0. The van der Waals surface area contributed by atoms with Gasteiger partial charge in [-0.05, 0) is 42.8 Å². The Bertz CT molecular complexity index is 963. The molecule has 0 saturated carbocycles. The van der Waals surface area contributed by atoms with Crippen LogP contribution in [0.3, 0.4) is 0 Å². The summed E-state index contributed by atoms with van der Waals surface area (Å²) >= 11 is 0. The normalized spacial score (nSPS) is 22.1. The molecule has 132 valence electrons. The van der Waals surface area contributed by atoms with Gasteiger partial charge in [-0.1, -0.05) is 31.2 Å². The highest BCUT2D eigenvalue weighted by Gasteiger charge is 2.37. The summed E-state index contributed by atoms with van der Waals surface area (Å²) in [5.41, 5.74) is 4.22. The first-order chi connectivity index (χ1) is 12.6. The van der Waals surface area contributed by atoms with E-state index >= 15 is 0 Å². The van der Waals surface area contributed by atoms with Gasteiger partial charge in [-0.2, -0.15) is 0 Å². The highest BCUT2D eigenvalue weighted by Crippen LogP contribution is 2.42. The molecule has 0 fully saturated rings. The van der Waals surface area contributed by atoms with Crippen molar-refractivity contribution in [2.24, 2.45) is 5.92 Å². The third-order valence-corrected chi connectivity index (χ3v) is 5.52. The first-order valence-corrected chi connectivity index (χ1v) is 9.07. The number of para-hydroxylation sites is 1. The zero-order valence-corrected chi connectivity index (χ0v) is 15.3. The van der Waals surface area contributed by atoms with Crippen LogP contribution in [0, 0.1) is 5.92 Å². The number of hydrogen-bond acceptors (Lipinski definition) is 3. The van der Waals surface area contributed by atoms with E-state index in [1.807, 2.05) is 47.5 Å². The van der Waals surface area contributed by atoms with E-state index in [9.17, 15) is 4.79 Å². The van der Waals surface area contributed by atoms with Gasteiger partial charge in [-0.15, -0.1) is 0 Å². The third-order valence-electron chi connectivity index (χ3n) is 5.52. The van der Waals surface area contributed by atoms with Gasteiger partial charge in [0.25, 0.3) is 0 Å². The Morgan fingerprint density at radius 3 is 2.65 bits per heavy atom. The fourth-order valence-corrected chi connectivity index (χ4v) is 4.05. The fraction of sp³-hybridized carbons (Fsp3) is 0.273. The van der Waals surface area contributed by atoms with Gasteiger partial charge >= 0.3 is 0 Å². The van der Waals surface area contributed by atoms with Crippen LogP contribution >= 0.6 is 0 Å². The number of benzene rings is 2. The van der Waals surface area contributed by atoms with Crippen LogP contribution < -0.4 is 10.2 Å². The average molecular weight is 345 g/mol. The van der Waals surface area contributed by atoms with Crippen molar-refractivity contribution in [3.63, 3.8) is 0 Å². The number of nitrogens with one attached hydrogen (secondary N) is 1. The maximum absolute atomic E-state index is 12.3. The molecule has 1 aliphatic rings. The Morgan fingerprint density at radius 2 is 1.85 bits per heavy atom. The number of carbonyl (C=O) groups excluding carboxylic acids is 1. The Labute approximate surface area is 153 Å². The molecule has 1 N–H and O–H groups in total. The predicted molar refractivity (Wildman–Crippen MR) is 106 cm³/mol. The van der Waals surface area contributed by atoms with Crippen molar-refractivity contribution in [3.05, 3.63) is 66.4 Å². The number of pyridine rings is 1. The average Bonchev–Trinajstić information content (AvgIpc) is 2.65. The van der Waals surface area contributed by atoms with Crippen LogP contribution in [0.5, 0.6) is 0 Å². The van der Waals surface area contributed by atoms with E-state index < -0.39 is 0 Å². The molecule has 3 aromatic rings. The standard InChI is InChI=1S/C22H23N3O/c1-14-15(2)25(16(3)26)21-12-5-4-8-18(21)22(14)24-20-11-6-10-19-17(20)9-7-13-23-19/h4-15,22,24H,1-3H3. The molecular formula is C22H23N3O. The second kappa shape index (κ2) is 6.45. The summed E-state index contributed by atoms with van der Waals surface area (Å²) in [5.74, 6) is 0.352. The highest BCUT2D eigenvalue weighted by molar-refractivity contribution is 5.95. The fourth-order valence-electron chi connectivity index (χ4n) is 4.05. The number of fused-ring (bicyclic) bond motifs is 2. The van der Waals surface area contributed by atoms with Crippen LogP contribution in [0.25, 0.3) is 10.9 Å². The van der Waals surface area contributed by atoms with Crippen molar-refractivity contribution < 1.29 is 4.79 Å². The zero-order valence-electron chi connectivity index (χ0n) is 15.3. The second-order valence-electron chi connectivity index (χ2n) is 7.05. The summed E-state index contributed by atoms with van der Waals surface area (Å²) in [4.78, 5) is 18.6. The molecular weight excluding hydrogens is 322 g/mol. The molecule has 0 radical (unpaired) electrons. The Kier molecular flexibility index (Phi) is 4.11. The van der Waals surface area contributed by atoms with E-state index in [1.54, 1.807) is 6.92 Å². The van der Waals surface area contributed by atoms with E-state index in [4.69, 9.17) is 0 Å². The number of anilines is 2. The topological polar surface area (TPSA) is 45.2 Å². The van der Waals surface area contributed by atoms with Gasteiger partial charge in [-0.25, -0.2) is 0 Å². The lowest BCUT2D eigenvalue weighted by Crippen LogP contribution is -2.48. The molecule has 1 amide bonds. The minimum Gasteiger partial charge on any atom is -0.377 e. The van der Waals surface area contributed by atoms with Crippen LogP contribution in [0.15, 0.2) is 60.8 Å². The smallest absolute Gasteiger partial charge is 0.224 e. The molecule has 0 spiro atoms. The number of rotatable bonds is 2. The molecule has 1 aromatic heterocycles. The van der Waals surface area contributed by atoms with Crippen LogP contribution in [0.2, 0.25) is 0 Å². The van der Waals surface area contributed by atoms with Crippen molar-refractivity contribution in [1.29, 1.82) is 0 Å². The van der Waals surface area contributed by atoms with Crippen molar-refractivity contribution >= 4 is 28.2 Å². The zero-order chi connectivity index (χ0) is 18.3. The van der Waals surface area contributed by atoms with Crippen LogP contribution in [0.1, 0.15) is 32.4 Å². The Morgan fingerprint density at radius 1 is 1.04 bits per heavy atom. The minimum absolute atomic E-state index is 0.0876. The SMILES string of the molecule is CC(=O)N1c2ccccc2C(Nc2cccc3ncccc23)C(C)C1C. The molecule has 26 heavy (non-hydrogen) atoms. The summed E-state index contributed by atoms with van der Waals surface area (Å²) in [5, 5.41) is 4.85. The summed E-state index contributed by atoms with van der Waals surface area (Å²) in [6, 6.07) is 18.7. The van der Waals surface area contributed by atoms with Crippen molar-refractivity contribution in [2.75, 3.05) is 10.2 Å².